The van der Waals surface area contributed by atoms with Crippen molar-refractivity contribution in [3.63, 3.8) is 0 Å². The van der Waals surface area contributed by atoms with Gasteiger partial charge in [0.2, 0.25) is 0 Å². The number of aryl methyl sites for hydroxylation is 1. The van der Waals surface area contributed by atoms with Crippen LogP contribution in [0.2, 0.25) is 0 Å². The number of carbonyl (C=O) groups excluding carboxylic acids is 2. The summed E-state index contributed by atoms with van der Waals surface area (Å²) in [6.07, 6.45) is 3.89. The minimum atomic E-state index is -0.469. The van der Waals surface area contributed by atoms with Crippen molar-refractivity contribution in [3.05, 3.63) is 33.4 Å². The van der Waals surface area contributed by atoms with Gasteiger partial charge in [0.15, 0.2) is 11.4 Å². The molecule has 2 heterocycles. The molecule has 0 fully saturated rings. The van der Waals surface area contributed by atoms with Crippen LogP contribution in [0.5, 0.6) is 0 Å². The van der Waals surface area contributed by atoms with Gasteiger partial charge in [0.1, 0.15) is 0 Å². The maximum absolute atomic E-state index is 11.6. The van der Waals surface area contributed by atoms with Crippen LogP contribution < -0.4 is 0 Å². The van der Waals surface area contributed by atoms with Crippen molar-refractivity contribution in [2.24, 2.45) is 0 Å². The third-order valence-corrected chi connectivity index (χ3v) is 3.45. The van der Waals surface area contributed by atoms with Crippen molar-refractivity contribution in [2.75, 3.05) is 13.2 Å². The zero-order chi connectivity index (χ0) is 15.9. The number of ether oxygens (including phenoxy) is 2. The molecular weight excluding hydrogens is 403 g/mol. The summed E-state index contributed by atoms with van der Waals surface area (Å²) in [6, 6.07) is 1.55. The average molecular weight is 418 g/mol. The quantitative estimate of drug-likeness (QED) is 0.417. The second-order valence-electron chi connectivity index (χ2n) is 4.26. The Morgan fingerprint density at radius 1 is 1.36 bits per heavy atom. The molecule has 0 aliphatic rings. The smallest absolute Gasteiger partial charge is 0.359 e. The summed E-state index contributed by atoms with van der Waals surface area (Å²) in [4.78, 5) is 23.2. The van der Waals surface area contributed by atoms with E-state index in [1.165, 1.54) is 0 Å². The Balaban J connectivity index is 1.79. The molecule has 0 saturated carbocycles. The second kappa shape index (κ2) is 7.92. The lowest BCUT2D eigenvalue weighted by Gasteiger charge is -2.03. The first-order valence-corrected chi connectivity index (χ1v) is 7.76. The van der Waals surface area contributed by atoms with Crippen LogP contribution in [-0.2, 0) is 16.0 Å². The van der Waals surface area contributed by atoms with Gasteiger partial charge in [-0.15, -0.1) is 0 Å². The van der Waals surface area contributed by atoms with Crippen LogP contribution in [0.4, 0.5) is 0 Å². The van der Waals surface area contributed by atoms with E-state index >= 15 is 0 Å². The molecule has 9 heteroatoms. The number of carbonyl (C=O) groups is 2. The molecule has 2 rings (SSSR count). The maximum atomic E-state index is 11.6. The highest BCUT2D eigenvalue weighted by Gasteiger charge is 2.16. The SMILES string of the molecule is CCOC(=O)c1nn(CCCOC(=O)c2cc[nH]n2)cc1I. The molecule has 22 heavy (non-hydrogen) atoms. The minimum absolute atomic E-state index is 0.247. The third kappa shape index (κ3) is 4.29. The van der Waals surface area contributed by atoms with E-state index in [4.69, 9.17) is 9.47 Å². The number of halogens is 1. The first-order chi connectivity index (χ1) is 10.6. The Labute approximate surface area is 140 Å². The Bertz CT molecular complexity index is 639. The fourth-order valence-electron chi connectivity index (χ4n) is 1.69. The highest BCUT2D eigenvalue weighted by atomic mass is 127. The number of hydrogen-bond donors (Lipinski definition) is 1. The van der Waals surface area contributed by atoms with Crippen LogP contribution in [-0.4, -0.2) is 45.1 Å². The monoisotopic (exact) mass is 418 g/mol. The van der Waals surface area contributed by atoms with E-state index in [1.54, 1.807) is 30.1 Å². The fraction of sp³-hybridized carbons (Fsp3) is 0.385. The van der Waals surface area contributed by atoms with E-state index in [2.05, 4.69) is 15.3 Å². The van der Waals surface area contributed by atoms with E-state index in [0.29, 0.717) is 25.3 Å². The standard InChI is InChI=1S/C13H15IN4O4/c1-2-21-13(20)11-9(14)8-18(17-11)6-3-7-22-12(19)10-4-5-15-16-10/h4-5,8H,2-3,6-7H2,1H3,(H,15,16). The van der Waals surface area contributed by atoms with E-state index in [9.17, 15) is 9.59 Å². The maximum Gasteiger partial charge on any atom is 0.359 e. The molecule has 0 aromatic carbocycles. The van der Waals surface area contributed by atoms with E-state index in [0.717, 1.165) is 3.57 Å². The number of rotatable bonds is 7. The van der Waals surface area contributed by atoms with Crippen LogP contribution in [0, 0.1) is 3.57 Å². The molecule has 1 N–H and O–H groups in total. The van der Waals surface area contributed by atoms with Gasteiger partial charge in [0, 0.05) is 25.4 Å². The molecule has 2 aromatic heterocycles. The highest BCUT2D eigenvalue weighted by Crippen LogP contribution is 2.12. The van der Waals surface area contributed by atoms with Crippen molar-refractivity contribution < 1.29 is 19.1 Å². The van der Waals surface area contributed by atoms with Crippen molar-refractivity contribution in [1.29, 1.82) is 0 Å². The first-order valence-electron chi connectivity index (χ1n) is 6.68. The van der Waals surface area contributed by atoms with Crippen molar-refractivity contribution in [2.45, 2.75) is 19.9 Å². The largest absolute Gasteiger partial charge is 0.461 e. The Kier molecular flexibility index (Phi) is 5.92. The lowest BCUT2D eigenvalue weighted by molar-refractivity contribution is 0.0487. The topological polar surface area (TPSA) is 99.1 Å². The lowest BCUT2D eigenvalue weighted by Crippen LogP contribution is -2.11. The van der Waals surface area contributed by atoms with E-state index < -0.39 is 11.9 Å². The van der Waals surface area contributed by atoms with Crippen LogP contribution in [0.3, 0.4) is 0 Å². The van der Waals surface area contributed by atoms with E-state index in [1.807, 2.05) is 22.6 Å². The van der Waals surface area contributed by atoms with Gasteiger partial charge in [-0.05, 0) is 35.6 Å². The second-order valence-corrected chi connectivity index (χ2v) is 5.42. The molecule has 0 saturated heterocycles. The van der Waals surface area contributed by atoms with Gasteiger partial charge in [-0.1, -0.05) is 0 Å². The number of nitrogens with one attached hydrogen (secondary N) is 1. The third-order valence-electron chi connectivity index (χ3n) is 2.66. The Morgan fingerprint density at radius 3 is 2.86 bits per heavy atom. The summed E-state index contributed by atoms with van der Waals surface area (Å²) < 4.78 is 12.4. The molecule has 0 atom stereocenters. The molecular formula is C13H15IN4O4. The zero-order valence-electron chi connectivity index (χ0n) is 11.9. The van der Waals surface area contributed by atoms with Crippen LogP contribution in [0.25, 0.3) is 0 Å². The van der Waals surface area contributed by atoms with Gasteiger partial charge in [0.25, 0.3) is 0 Å². The molecule has 0 bridgehead atoms. The van der Waals surface area contributed by atoms with Gasteiger partial charge >= 0.3 is 11.9 Å². The number of hydrogen-bond acceptors (Lipinski definition) is 6. The molecule has 0 spiro atoms. The number of esters is 2. The summed E-state index contributed by atoms with van der Waals surface area (Å²) in [5.74, 6) is -0.904. The van der Waals surface area contributed by atoms with E-state index in [-0.39, 0.29) is 12.3 Å². The van der Waals surface area contributed by atoms with Gasteiger partial charge in [-0.3, -0.25) is 9.78 Å². The minimum Gasteiger partial charge on any atom is -0.461 e. The highest BCUT2D eigenvalue weighted by molar-refractivity contribution is 14.1. The van der Waals surface area contributed by atoms with Crippen molar-refractivity contribution >= 4 is 34.5 Å². The normalized spacial score (nSPS) is 10.5. The zero-order valence-corrected chi connectivity index (χ0v) is 14.1. The molecule has 0 aliphatic heterocycles. The number of aromatic amines is 1. The fourth-order valence-corrected chi connectivity index (χ4v) is 2.34. The van der Waals surface area contributed by atoms with Gasteiger partial charge in [0.05, 0.1) is 16.8 Å². The number of H-pyrrole nitrogens is 1. The molecule has 8 nitrogen and oxygen atoms in total. The molecule has 0 amide bonds. The molecule has 0 unspecified atom stereocenters. The molecule has 118 valence electrons. The summed E-state index contributed by atoms with van der Waals surface area (Å²) in [5.41, 5.74) is 0.550. The number of aromatic nitrogens is 4. The summed E-state index contributed by atoms with van der Waals surface area (Å²) in [6.45, 7) is 2.83. The predicted molar refractivity (Wildman–Crippen MR) is 84.4 cm³/mol. The molecule has 0 radical (unpaired) electrons. The molecule has 0 aliphatic carbocycles. The van der Waals surface area contributed by atoms with Crippen molar-refractivity contribution in [3.8, 4) is 0 Å². The Hall–Kier alpha value is -1.91. The van der Waals surface area contributed by atoms with Crippen molar-refractivity contribution in [1.82, 2.24) is 20.0 Å². The summed E-state index contributed by atoms with van der Waals surface area (Å²) in [5, 5.41) is 10.5. The van der Waals surface area contributed by atoms with Crippen LogP contribution in [0.15, 0.2) is 18.5 Å². The Morgan fingerprint density at radius 2 is 2.18 bits per heavy atom. The summed E-state index contributed by atoms with van der Waals surface area (Å²) >= 11 is 2.03. The van der Waals surface area contributed by atoms with Crippen LogP contribution >= 0.6 is 22.6 Å². The average Bonchev–Trinajstić information content (AvgIpc) is 3.13. The van der Waals surface area contributed by atoms with Gasteiger partial charge in [-0.25, -0.2) is 9.59 Å². The van der Waals surface area contributed by atoms with Gasteiger partial charge < -0.3 is 9.47 Å². The number of nitrogens with zero attached hydrogens (tertiary/aromatic N) is 3. The lowest BCUT2D eigenvalue weighted by atomic mass is 10.4. The molecule has 2 aromatic rings. The predicted octanol–water partition coefficient (Wildman–Crippen LogP) is 1.63. The first kappa shape index (κ1) is 16.5. The summed E-state index contributed by atoms with van der Waals surface area (Å²) in [7, 11) is 0. The van der Waals surface area contributed by atoms with Crippen LogP contribution in [0.1, 0.15) is 34.3 Å². The van der Waals surface area contributed by atoms with Gasteiger partial charge in [-0.2, -0.15) is 10.2 Å².